The van der Waals surface area contributed by atoms with Gasteiger partial charge in [-0.15, -0.1) is 0 Å². The van der Waals surface area contributed by atoms with Crippen molar-refractivity contribution in [2.24, 2.45) is 5.84 Å². The van der Waals surface area contributed by atoms with Crippen LogP contribution in [-0.4, -0.2) is 21.6 Å². The first-order chi connectivity index (χ1) is 10.1. The first-order valence-electron chi connectivity index (χ1n) is 6.51. The average Bonchev–Trinajstić information content (AvgIpc) is 2.48. The van der Waals surface area contributed by atoms with Crippen LogP contribution in [0.5, 0.6) is 6.01 Å². The topological polar surface area (TPSA) is 98.0 Å². The lowest BCUT2D eigenvalue weighted by Gasteiger charge is -2.10. The third-order valence-electron chi connectivity index (χ3n) is 2.63. The summed E-state index contributed by atoms with van der Waals surface area (Å²) in [6.45, 7) is 4.30. The van der Waals surface area contributed by atoms with Gasteiger partial charge in [-0.2, -0.15) is 15.0 Å². The predicted octanol–water partition coefficient (Wildman–Crippen LogP) is 2.14. The summed E-state index contributed by atoms with van der Waals surface area (Å²) < 4.78 is 18.6. The monoisotopic (exact) mass is 292 g/mol. The smallest absolute Gasteiger partial charge is 0.323 e. The zero-order valence-electron chi connectivity index (χ0n) is 11.9. The van der Waals surface area contributed by atoms with Gasteiger partial charge in [0.15, 0.2) is 0 Å². The van der Waals surface area contributed by atoms with Crippen LogP contribution in [0, 0.1) is 12.7 Å². The van der Waals surface area contributed by atoms with E-state index in [0.717, 1.165) is 12.0 Å². The molecule has 0 bridgehead atoms. The quantitative estimate of drug-likeness (QED) is 0.554. The van der Waals surface area contributed by atoms with Crippen LogP contribution in [0.15, 0.2) is 18.2 Å². The second kappa shape index (κ2) is 6.80. The molecule has 0 saturated carbocycles. The molecule has 0 radical (unpaired) electrons. The maximum absolute atomic E-state index is 13.3. The van der Waals surface area contributed by atoms with Gasteiger partial charge in [-0.3, -0.25) is 5.43 Å². The Hall–Kier alpha value is -2.48. The molecule has 1 aromatic heterocycles. The first-order valence-corrected chi connectivity index (χ1v) is 6.51. The third-order valence-corrected chi connectivity index (χ3v) is 2.63. The Bertz CT molecular complexity index is 622. The van der Waals surface area contributed by atoms with Gasteiger partial charge in [-0.25, -0.2) is 10.2 Å². The molecule has 0 aliphatic heterocycles. The number of hydrazine groups is 1. The van der Waals surface area contributed by atoms with Crippen LogP contribution in [0.2, 0.25) is 0 Å². The Balaban J connectivity index is 2.27. The van der Waals surface area contributed by atoms with Crippen LogP contribution in [0.1, 0.15) is 18.9 Å². The van der Waals surface area contributed by atoms with Crippen molar-refractivity contribution >= 4 is 17.6 Å². The number of aromatic nitrogens is 3. The molecule has 2 rings (SSSR count). The summed E-state index contributed by atoms with van der Waals surface area (Å²) in [5.41, 5.74) is 3.76. The third kappa shape index (κ3) is 3.99. The highest BCUT2D eigenvalue weighted by atomic mass is 19.1. The summed E-state index contributed by atoms with van der Waals surface area (Å²) in [7, 11) is 0. The number of halogens is 1. The standard InChI is InChI=1S/C13H17FN6O/c1-3-6-21-13-18-11(17-12(19-13)20-15)16-10-7-9(14)5-4-8(10)2/h4-5,7H,3,6,15H2,1-2H3,(H2,16,17,18,19,20). The lowest BCUT2D eigenvalue weighted by molar-refractivity contribution is 0.292. The van der Waals surface area contributed by atoms with Gasteiger partial charge in [-0.05, 0) is 31.0 Å². The van der Waals surface area contributed by atoms with Crippen molar-refractivity contribution in [3.8, 4) is 6.01 Å². The van der Waals surface area contributed by atoms with E-state index in [1.807, 2.05) is 13.8 Å². The van der Waals surface area contributed by atoms with E-state index in [1.165, 1.54) is 12.1 Å². The number of nitrogens with one attached hydrogen (secondary N) is 2. The molecule has 0 spiro atoms. The van der Waals surface area contributed by atoms with E-state index in [2.05, 4.69) is 25.7 Å². The number of ether oxygens (including phenoxy) is 1. The largest absolute Gasteiger partial charge is 0.463 e. The molecule has 0 unspecified atom stereocenters. The summed E-state index contributed by atoms with van der Waals surface area (Å²) in [4.78, 5) is 12.1. The molecule has 8 heteroatoms. The van der Waals surface area contributed by atoms with Crippen LogP contribution in [0.4, 0.5) is 22.0 Å². The van der Waals surface area contributed by atoms with Crippen LogP contribution in [0.3, 0.4) is 0 Å². The van der Waals surface area contributed by atoms with Crippen molar-refractivity contribution in [3.63, 3.8) is 0 Å². The van der Waals surface area contributed by atoms with Crippen molar-refractivity contribution < 1.29 is 9.13 Å². The second-order valence-corrected chi connectivity index (χ2v) is 4.34. The van der Waals surface area contributed by atoms with Crippen LogP contribution in [-0.2, 0) is 0 Å². The molecule has 0 atom stereocenters. The van der Waals surface area contributed by atoms with Crippen LogP contribution < -0.4 is 21.3 Å². The zero-order valence-corrected chi connectivity index (χ0v) is 11.9. The average molecular weight is 292 g/mol. The maximum atomic E-state index is 13.3. The summed E-state index contributed by atoms with van der Waals surface area (Å²) in [6.07, 6.45) is 0.822. The highest BCUT2D eigenvalue weighted by Gasteiger charge is 2.09. The number of anilines is 3. The molecule has 21 heavy (non-hydrogen) atoms. The fourth-order valence-electron chi connectivity index (χ4n) is 1.58. The first kappa shape index (κ1) is 14.9. The van der Waals surface area contributed by atoms with Crippen molar-refractivity contribution in [1.82, 2.24) is 15.0 Å². The zero-order chi connectivity index (χ0) is 15.2. The lowest BCUT2D eigenvalue weighted by Crippen LogP contribution is -2.14. The minimum atomic E-state index is -0.350. The number of aryl methyl sites for hydroxylation is 1. The summed E-state index contributed by atoms with van der Waals surface area (Å²) in [6, 6.07) is 4.56. The Morgan fingerprint density at radius 3 is 2.71 bits per heavy atom. The van der Waals surface area contributed by atoms with Gasteiger partial charge in [0.1, 0.15) is 5.82 Å². The van der Waals surface area contributed by atoms with E-state index in [4.69, 9.17) is 10.6 Å². The molecular weight excluding hydrogens is 275 g/mol. The van der Waals surface area contributed by atoms with E-state index in [9.17, 15) is 4.39 Å². The SMILES string of the molecule is CCCOc1nc(NN)nc(Nc2cc(F)ccc2C)n1. The minimum absolute atomic E-state index is 0.149. The van der Waals surface area contributed by atoms with E-state index >= 15 is 0 Å². The van der Waals surface area contributed by atoms with Crippen molar-refractivity contribution in [2.45, 2.75) is 20.3 Å². The second-order valence-electron chi connectivity index (χ2n) is 4.34. The molecule has 112 valence electrons. The summed E-state index contributed by atoms with van der Waals surface area (Å²) >= 11 is 0. The van der Waals surface area contributed by atoms with Crippen molar-refractivity contribution in [3.05, 3.63) is 29.6 Å². The summed E-state index contributed by atoms with van der Waals surface area (Å²) in [5.74, 6) is 5.35. The number of nitrogen functional groups attached to an aromatic ring is 1. The van der Waals surface area contributed by atoms with Crippen molar-refractivity contribution in [2.75, 3.05) is 17.3 Å². The van der Waals surface area contributed by atoms with Gasteiger partial charge < -0.3 is 10.1 Å². The molecule has 0 fully saturated rings. The van der Waals surface area contributed by atoms with Gasteiger partial charge in [-0.1, -0.05) is 13.0 Å². The molecule has 4 N–H and O–H groups in total. The number of nitrogens with zero attached hydrogens (tertiary/aromatic N) is 3. The molecule has 0 amide bonds. The van der Waals surface area contributed by atoms with Crippen molar-refractivity contribution in [1.29, 1.82) is 0 Å². The number of hydrogen-bond donors (Lipinski definition) is 3. The van der Waals surface area contributed by atoms with E-state index in [-0.39, 0.29) is 23.7 Å². The predicted molar refractivity (Wildman–Crippen MR) is 77.8 cm³/mol. The molecule has 1 heterocycles. The Morgan fingerprint density at radius 2 is 2.00 bits per heavy atom. The van der Waals surface area contributed by atoms with Crippen LogP contribution in [0.25, 0.3) is 0 Å². The van der Waals surface area contributed by atoms with Crippen LogP contribution >= 0.6 is 0 Å². The van der Waals surface area contributed by atoms with E-state index in [0.29, 0.717) is 12.3 Å². The Labute approximate surface area is 121 Å². The Kier molecular flexibility index (Phi) is 4.83. The highest BCUT2D eigenvalue weighted by molar-refractivity contribution is 5.58. The lowest BCUT2D eigenvalue weighted by atomic mass is 10.2. The van der Waals surface area contributed by atoms with E-state index in [1.54, 1.807) is 6.07 Å². The molecule has 2 aromatic rings. The van der Waals surface area contributed by atoms with Gasteiger partial charge in [0.05, 0.1) is 6.61 Å². The molecular formula is C13H17FN6O. The fraction of sp³-hybridized carbons (Fsp3) is 0.308. The normalized spacial score (nSPS) is 10.3. The minimum Gasteiger partial charge on any atom is -0.463 e. The molecule has 0 aliphatic rings. The van der Waals surface area contributed by atoms with Gasteiger partial charge >= 0.3 is 6.01 Å². The number of nitrogens with two attached hydrogens (primary N) is 1. The molecule has 7 nitrogen and oxygen atoms in total. The number of benzene rings is 1. The Morgan fingerprint density at radius 1 is 1.24 bits per heavy atom. The number of hydrogen-bond acceptors (Lipinski definition) is 7. The molecule has 0 aliphatic carbocycles. The molecule has 0 saturated heterocycles. The fourth-order valence-corrected chi connectivity index (χ4v) is 1.58. The van der Waals surface area contributed by atoms with E-state index < -0.39 is 0 Å². The molecule has 1 aromatic carbocycles. The van der Waals surface area contributed by atoms with Gasteiger partial charge in [0.2, 0.25) is 11.9 Å². The summed E-state index contributed by atoms with van der Waals surface area (Å²) in [5, 5.41) is 2.93. The number of rotatable bonds is 6. The highest BCUT2D eigenvalue weighted by Crippen LogP contribution is 2.21. The van der Waals surface area contributed by atoms with Gasteiger partial charge in [0, 0.05) is 5.69 Å². The maximum Gasteiger partial charge on any atom is 0.323 e. The van der Waals surface area contributed by atoms with Gasteiger partial charge in [0.25, 0.3) is 0 Å².